The lowest BCUT2D eigenvalue weighted by Gasteiger charge is -2.13. The number of rotatable bonds is 5. The summed E-state index contributed by atoms with van der Waals surface area (Å²) in [4.78, 5) is 28.4. The van der Waals surface area contributed by atoms with Crippen LogP contribution in [-0.2, 0) is 22.0 Å². The van der Waals surface area contributed by atoms with E-state index in [0.29, 0.717) is 11.4 Å². The number of fused-ring (bicyclic) bond motifs is 1. The summed E-state index contributed by atoms with van der Waals surface area (Å²) in [7, 11) is -1.55. The average Bonchev–Trinajstić information content (AvgIpc) is 2.94. The van der Waals surface area contributed by atoms with Crippen LogP contribution in [-0.4, -0.2) is 39.2 Å². The van der Waals surface area contributed by atoms with Gasteiger partial charge in [0.1, 0.15) is 24.8 Å². The monoisotopic (exact) mass is 351 g/mol. The number of anilines is 1. The number of amides is 1. The first-order chi connectivity index (χ1) is 11.5. The van der Waals surface area contributed by atoms with Gasteiger partial charge in [0.15, 0.2) is 0 Å². The summed E-state index contributed by atoms with van der Waals surface area (Å²) in [6.45, 7) is -0.659. The molecule has 1 aliphatic heterocycles. The first kappa shape index (κ1) is 16.3. The third kappa shape index (κ3) is 2.94. The summed E-state index contributed by atoms with van der Waals surface area (Å²) >= 11 is 0. The van der Waals surface area contributed by atoms with E-state index in [-0.39, 0.29) is 35.5 Å². The van der Waals surface area contributed by atoms with Gasteiger partial charge < -0.3 is 10.1 Å². The number of carbonyl (C=O) groups excluding carboxylic acids is 1. The molecule has 9 heteroatoms. The van der Waals surface area contributed by atoms with Crippen LogP contribution >= 0.6 is 0 Å². The second-order valence-electron chi connectivity index (χ2n) is 5.07. The van der Waals surface area contributed by atoms with Crippen molar-refractivity contribution in [2.75, 3.05) is 24.9 Å². The Kier molecular flexibility index (Phi) is 4.43. The Morgan fingerprint density at radius 1 is 1.33 bits per heavy atom. The lowest BCUT2D eigenvalue weighted by atomic mass is 10.2. The second kappa shape index (κ2) is 6.52. The Balaban J connectivity index is 2.10. The third-order valence-corrected chi connectivity index (χ3v) is 4.23. The molecule has 0 radical (unpaired) electrons. The number of hydrogen-bond donors (Lipinski definition) is 1. The molecule has 24 heavy (non-hydrogen) atoms. The summed E-state index contributed by atoms with van der Waals surface area (Å²) in [5.74, 6) is 0.291. The van der Waals surface area contributed by atoms with E-state index in [9.17, 15) is 18.2 Å². The predicted molar refractivity (Wildman–Crippen MR) is 86.0 cm³/mol. The number of alkyl halides is 1. The van der Waals surface area contributed by atoms with Gasteiger partial charge >= 0.3 is 0 Å². The van der Waals surface area contributed by atoms with Crippen LogP contribution in [0.2, 0.25) is 0 Å². The molecular formula is C15H14FN3O4S. The van der Waals surface area contributed by atoms with Gasteiger partial charge in [-0.2, -0.15) is 0 Å². The van der Waals surface area contributed by atoms with Crippen LogP contribution in [0.5, 0.6) is 5.75 Å². The van der Waals surface area contributed by atoms with Crippen molar-refractivity contribution in [2.24, 2.45) is 0 Å². The smallest absolute Gasteiger partial charge is 0.264 e. The van der Waals surface area contributed by atoms with Gasteiger partial charge in [-0.1, -0.05) is 0 Å². The lowest BCUT2D eigenvalue weighted by Crippen LogP contribution is -2.26. The summed E-state index contributed by atoms with van der Waals surface area (Å²) in [6.07, 6.45) is 1.34. The van der Waals surface area contributed by atoms with E-state index >= 15 is 0 Å². The number of carbonyl (C=O) groups is 1. The normalized spacial score (nSPS) is 14.2. The number of nitrogens with zero attached hydrogens (tertiary/aromatic N) is 2. The molecular weight excluding hydrogens is 337 g/mol. The fourth-order valence-corrected chi connectivity index (χ4v) is 3.07. The Morgan fingerprint density at radius 2 is 2.04 bits per heavy atom. The Morgan fingerprint density at radius 3 is 2.67 bits per heavy atom. The molecule has 1 atom stereocenters. The van der Waals surface area contributed by atoms with Gasteiger partial charge in [-0.05, 0) is 24.3 Å². The van der Waals surface area contributed by atoms with Crippen molar-refractivity contribution in [3.8, 4) is 11.4 Å². The lowest BCUT2D eigenvalue weighted by molar-refractivity contribution is -0.115. The van der Waals surface area contributed by atoms with Gasteiger partial charge in [-0.15, -0.1) is 0 Å². The maximum absolute atomic E-state index is 12.7. The van der Waals surface area contributed by atoms with Gasteiger partial charge in [-0.3, -0.25) is 18.4 Å². The first-order valence-electron chi connectivity index (χ1n) is 7.09. The van der Waals surface area contributed by atoms with E-state index in [1.807, 2.05) is 0 Å². The van der Waals surface area contributed by atoms with E-state index < -0.39 is 23.0 Å². The molecule has 1 aromatic heterocycles. The Hall–Kier alpha value is -2.55. The Bertz CT molecular complexity index is 880. The maximum Gasteiger partial charge on any atom is 0.264 e. The third-order valence-electron chi connectivity index (χ3n) is 3.44. The molecule has 1 aromatic carbocycles. The molecule has 0 bridgehead atoms. The summed E-state index contributed by atoms with van der Waals surface area (Å²) in [5.41, 5.74) is 0.236. The van der Waals surface area contributed by atoms with Crippen molar-refractivity contribution in [3.63, 3.8) is 0 Å². The van der Waals surface area contributed by atoms with Gasteiger partial charge in [0.05, 0.1) is 28.5 Å². The van der Waals surface area contributed by atoms with Crippen LogP contribution in [0.3, 0.4) is 0 Å². The quantitative estimate of drug-likeness (QED) is 0.805. The van der Waals surface area contributed by atoms with Crippen molar-refractivity contribution in [3.05, 3.63) is 40.2 Å². The van der Waals surface area contributed by atoms with Crippen LogP contribution in [0.15, 0.2) is 34.2 Å². The average molecular weight is 351 g/mol. The molecule has 126 valence electrons. The SMILES string of the molecule is CS(=O)c1nc2c(c(=O)n1-c1ccc(OCCF)cc1)CC(=O)N2. The van der Waals surface area contributed by atoms with Crippen LogP contribution in [0.4, 0.5) is 10.2 Å². The molecule has 2 aromatic rings. The van der Waals surface area contributed by atoms with E-state index in [1.54, 1.807) is 24.3 Å². The number of hydrogen-bond acceptors (Lipinski definition) is 5. The van der Waals surface area contributed by atoms with Crippen LogP contribution in [0.25, 0.3) is 5.69 Å². The zero-order valence-electron chi connectivity index (χ0n) is 12.7. The molecule has 0 saturated heterocycles. The van der Waals surface area contributed by atoms with Crippen molar-refractivity contribution < 1.29 is 18.1 Å². The topological polar surface area (TPSA) is 90.3 Å². The molecule has 2 heterocycles. The molecule has 1 N–H and O–H groups in total. The number of halogens is 1. The molecule has 1 amide bonds. The molecule has 0 saturated carbocycles. The van der Waals surface area contributed by atoms with Crippen LogP contribution in [0.1, 0.15) is 5.56 Å². The van der Waals surface area contributed by atoms with E-state index in [1.165, 1.54) is 10.8 Å². The summed E-state index contributed by atoms with van der Waals surface area (Å²) in [5, 5.41) is 2.53. The van der Waals surface area contributed by atoms with E-state index in [2.05, 4.69) is 10.3 Å². The molecule has 1 unspecified atom stereocenters. The molecule has 3 rings (SSSR count). The van der Waals surface area contributed by atoms with Gasteiger partial charge in [0.25, 0.3) is 5.56 Å². The minimum atomic E-state index is -1.55. The number of aromatic nitrogens is 2. The highest BCUT2D eigenvalue weighted by Crippen LogP contribution is 2.22. The summed E-state index contributed by atoms with van der Waals surface area (Å²) < 4.78 is 30.5. The van der Waals surface area contributed by atoms with E-state index in [0.717, 1.165) is 0 Å². The van der Waals surface area contributed by atoms with E-state index in [4.69, 9.17) is 4.74 Å². The number of benzene rings is 1. The predicted octanol–water partition coefficient (Wildman–Crippen LogP) is 0.813. The standard InChI is InChI=1S/C15H14FN3O4S/c1-24(22)15-18-13-11(8-12(20)17-13)14(21)19(15)9-2-4-10(5-3-9)23-7-6-16/h2-5H,6-8H2,1H3,(H,17,20). The van der Waals surface area contributed by atoms with Crippen LogP contribution in [0, 0.1) is 0 Å². The van der Waals surface area contributed by atoms with Gasteiger partial charge in [-0.25, -0.2) is 9.37 Å². The van der Waals surface area contributed by atoms with Crippen molar-refractivity contribution >= 4 is 22.5 Å². The molecule has 0 fully saturated rings. The minimum absolute atomic E-state index is 0.0402. The second-order valence-corrected chi connectivity index (χ2v) is 6.35. The zero-order chi connectivity index (χ0) is 17.3. The summed E-state index contributed by atoms with van der Waals surface area (Å²) in [6, 6.07) is 6.33. The fourth-order valence-electron chi connectivity index (χ4n) is 2.40. The van der Waals surface area contributed by atoms with Crippen molar-refractivity contribution in [1.29, 1.82) is 0 Å². The molecule has 1 aliphatic rings. The highest BCUT2D eigenvalue weighted by molar-refractivity contribution is 7.84. The van der Waals surface area contributed by atoms with Gasteiger partial charge in [0, 0.05) is 6.26 Å². The van der Waals surface area contributed by atoms with Crippen LogP contribution < -0.4 is 15.6 Å². The molecule has 7 nitrogen and oxygen atoms in total. The highest BCUT2D eigenvalue weighted by Gasteiger charge is 2.27. The number of ether oxygens (including phenoxy) is 1. The van der Waals surface area contributed by atoms with Crippen molar-refractivity contribution in [1.82, 2.24) is 9.55 Å². The van der Waals surface area contributed by atoms with Crippen molar-refractivity contribution in [2.45, 2.75) is 11.6 Å². The minimum Gasteiger partial charge on any atom is -0.491 e. The van der Waals surface area contributed by atoms with Gasteiger partial charge in [0.2, 0.25) is 11.1 Å². The largest absolute Gasteiger partial charge is 0.491 e. The first-order valence-corrected chi connectivity index (χ1v) is 8.65. The highest BCUT2D eigenvalue weighted by atomic mass is 32.2. The molecule has 0 aliphatic carbocycles. The molecule has 0 spiro atoms. The number of nitrogens with one attached hydrogen (secondary N) is 1. The zero-order valence-corrected chi connectivity index (χ0v) is 13.6. The maximum atomic E-state index is 12.7. The fraction of sp³-hybridized carbons (Fsp3) is 0.267. The Labute approximate surface area is 138 Å².